The van der Waals surface area contributed by atoms with E-state index in [0.717, 1.165) is 31.2 Å². The highest BCUT2D eigenvalue weighted by Gasteiger charge is 2.13. The zero-order valence-corrected chi connectivity index (χ0v) is 16.4. The van der Waals surface area contributed by atoms with Crippen molar-refractivity contribution in [1.29, 1.82) is 0 Å². The monoisotopic (exact) mass is 372 g/mol. The number of benzene rings is 2. The van der Waals surface area contributed by atoms with Crippen LogP contribution in [0.2, 0.25) is 0 Å². The lowest BCUT2D eigenvalue weighted by molar-refractivity contribution is 0.679. The van der Waals surface area contributed by atoms with E-state index in [1.165, 1.54) is 11.1 Å². The van der Waals surface area contributed by atoms with E-state index in [9.17, 15) is 0 Å². The number of nitrogens with one attached hydrogen (secondary N) is 2. The minimum absolute atomic E-state index is 0.355. The molecule has 1 aromatic heterocycles. The Morgan fingerprint density at radius 2 is 1.50 bits per heavy atom. The van der Waals surface area contributed by atoms with E-state index < -0.39 is 0 Å². The Labute approximate surface area is 167 Å². The first kappa shape index (κ1) is 19.6. The molecule has 1 heterocycles. The minimum atomic E-state index is 0.355. The highest BCUT2D eigenvalue weighted by molar-refractivity contribution is 5.79. The van der Waals surface area contributed by atoms with Crippen molar-refractivity contribution in [3.8, 4) is 0 Å². The SMILES string of the molecule is CCNC(=NCc1ccccn1)NCCC(c1ccccc1)c1ccccc1. The van der Waals surface area contributed by atoms with Crippen LogP contribution in [-0.4, -0.2) is 24.0 Å². The van der Waals surface area contributed by atoms with Gasteiger partial charge >= 0.3 is 0 Å². The van der Waals surface area contributed by atoms with Crippen LogP contribution in [-0.2, 0) is 6.54 Å². The summed E-state index contributed by atoms with van der Waals surface area (Å²) in [6, 6.07) is 27.3. The van der Waals surface area contributed by atoms with E-state index in [-0.39, 0.29) is 0 Å². The molecule has 0 aliphatic carbocycles. The van der Waals surface area contributed by atoms with Gasteiger partial charge in [0, 0.05) is 25.2 Å². The topological polar surface area (TPSA) is 49.3 Å². The average molecular weight is 373 g/mol. The summed E-state index contributed by atoms with van der Waals surface area (Å²) < 4.78 is 0. The smallest absolute Gasteiger partial charge is 0.191 e. The fourth-order valence-corrected chi connectivity index (χ4v) is 3.22. The molecular weight excluding hydrogens is 344 g/mol. The summed E-state index contributed by atoms with van der Waals surface area (Å²) >= 11 is 0. The molecule has 0 radical (unpaired) electrons. The van der Waals surface area contributed by atoms with Crippen molar-refractivity contribution in [1.82, 2.24) is 15.6 Å². The van der Waals surface area contributed by atoms with Crippen LogP contribution >= 0.6 is 0 Å². The van der Waals surface area contributed by atoms with E-state index in [1.807, 2.05) is 18.2 Å². The van der Waals surface area contributed by atoms with Gasteiger partial charge in [-0.3, -0.25) is 4.98 Å². The quantitative estimate of drug-likeness (QED) is 0.456. The molecule has 0 aliphatic rings. The van der Waals surface area contributed by atoms with Crippen molar-refractivity contribution in [3.63, 3.8) is 0 Å². The van der Waals surface area contributed by atoms with Crippen LogP contribution < -0.4 is 10.6 Å². The lowest BCUT2D eigenvalue weighted by Crippen LogP contribution is -2.38. The standard InChI is InChI=1S/C24H28N4/c1-2-25-24(28-19-22-15-9-10-17-26-22)27-18-16-23(20-11-5-3-6-12-20)21-13-7-4-8-14-21/h3-15,17,23H,2,16,18-19H2,1H3,(H2,25,27,28). The summed E-state index contributed by atoms with van der Waals surface area (Å²) in [5.74, 6) is 1.18. The van der Waals surface area contributed by atoms with Crippen molar-refractivity contribution in [2.24, 2.45) is 4.99 Å². The molecule has 4 nitrogen and oxygen atoms in total. The fraction of sp³-hybridized carbons (Fsp3) is 0.250. The maximum Gasteiger partial charge on any atom is 0.191 e. The van der Waals surface area contributed by atoms with E-state index in [1.54, 1.807) is 6.20 Å². The van der Waals surface area contributed by atoms with Crippen LogP contribution in [0.25, 0.3) is 0 Å². The molecule has 0 unspecified atom stereocenters. The van der Waals surface area contributed by atoms with E-state index in [2.05, 4.69) is 88.2 Å². The lowest BCUT2D eigenvalue weighted by Gasteiger charge is -2.19. The third-order valence-electron chi connectivity index (χ3n) is 4.60. The van der Waals surface area contributed by atoms with E-state index in [0.29, 0.717) is 12.5 Å². The van der Waals surface area contributed by atoms with Crippen LogP contribution in [0.15, 0.2) is 90.1 Å². The second-order valence-electron chi connectivity index (χ2n) is 6.61. The summed E-state index contributed by atoms with van der Waals surface area (Å²) in [5, 5.41) is 6.79. The predicted molar refractivity (Wildman–Crippen MR) is 116 cm³/mol. The molecule has 0 saturated heterocycles. The second-order valence-corrected chi connectivity index (χ2v) is 6.61. The third-order valence-corrected chi connectivity index (χ3v) is 4.60. The number of rotatable bonds is 8. The van der Waals surface area contributed by atoms with Crippen LogP contribution in [0.3, 0.4) is 0 Å². The highest BCUT2D eigenvalue weighted by Crippen LogP contribution is 2.27. The van der Waals surface area contributed by atoms with Crippen LogP contribution in [0.5, 0.6) is 0 Å². The lowest BCUT2D eigenvalue weighted by atomic mass is 9.88. The summed E-state index contributed by atoms with van der Waals surface area (Å²) in [6.45, 7) is 4.31. The minimum Gasteiger partial charge on any atom is -0.357 e. The summed E-state index contributed by atoms with van der Waals surface area (Å²) in [7, 11) is 0. The number of pyridine rings is 1. The van der Waals surface area contributed by atoms with E-state index >= 15 is 0 Å². The van der Waals surface area contributed by atoms with E-state index in [4.69, 9.17) is 0 Å². The van der Waals surface area contributed by atoms with Gasteiger partial charge in [-0.1, -0.05) is 66.7 Å². The van der Waals surface area contributed by atoms with Gasteiger partial charge in [-0.2, -0.15) is 0 Å². The largest absolute Gasteiger partial charge is 0.357 e. The molecule has 0 spiro atoms. The van der Waals surface area contributed by atoms with Gasteiger partial charge in [0.1, 0.15) is 0 Å². The molecule has 0 atom stereocenters. The van der Waals surface area contributed by atoms with Gasteiger partial charge in [-0.15, -0.1) is 0 Å². The molecule has 28 heavy (non-hydrogen) atoms. The van der Waals surface area contributed by atoms with Crippen LogP contribution in [0.1, 0.15) is 36.1 Å². The zero-order valence-electron chi connectivity index (χ0n) is 16.4. The third kappa shape index (κ3) is 5.95. The van der Waals surface area contributed by atoms with Crippen molar-refractivity contribution in [2.75, 3.05) is 13.1 Å². The van der Waals surface area contributed by atoms with Gasteiger partial charge in [-0.25, -0.2) is 4.99 Å². The maximum absolute atomic E-state index is 4.66. The highest BCUT2D eigenvalue weighted by atomic mass is 15.2. The Kier molecular flexibility index (Phi) is 7.62. The van der Waals surface area contributed by atoms with Gasteiger partial charge < -0.3 is 10.6 Å². The molecule has 3 aromatic rings. The molecule has 4 heteroatoms. The Morgan fingerprint density at radius 1 is 0.857 bits per heavy atom. The summed E-state index contributed by atoms with van der Waals surface area (Å²) in [6.07, 6.45) is 2.79. The molecule has 3 rings (SSSR count). The first-order chi connectivity index (χ1) is 13.9. The first-order valence-electron chi connectivity index (χ1n) is 9.89. The fourth-order valence-electron chi connectivity index (χ4n) is 3.22. The average Bonchev–Trinajstić information content (AvgIpc) is 2.77. The molecule has 0 bridgehead atoms. The molecule has 144 valence electrons. The van der Waals surface area contributed by atoms with Gasteiger partial charge in [0.15, 0.2) is 5.96 Å². The number of guanidine groups is 1. The number of nitrogens with zero attached hydrogens (tertiary/aromatic N) is 2. The van der Waals surface area contributed by atoms with Crippen LogP contribution in [0.4, 0.5) is 0 Å². The predicted octanol–water partition coefficient (Wildman–Crippen LogP) is 4.36. The Bertz CT molecular complexity index is 793. The molecule has 2 N–H and O–H groups in total. The second kappa shape index (κ2) is 10.9. The molecule has 0 amide bonds. The molecule has 0 aliphatic heterocycles. The van der Waals surface area contributed by atoms with Gasteiger partial charge in [0.2, 0.25) is 0 Å². The van der Waals surface area contributed by atoms with Gasteiger partial charge in [-0.05, 0) is 36.6 Å². The van der Waals surface area contributed by atoms with Gasteiger partial charge in [0.05, 0.1) is 12.2 Å². The zero-order chi connectivity index (χ0) is 19.4. The summed E-state index contributed by atoms with van der Waals surface area (Å²) in [4.78, 5) is 8.99. The molecule has 0 saturated carbocycles. The van der Waals surface area contributed by atoms with Crippen molar-refractivity contribution < 1.29 is 0 Å². The number of aliphatic imine (C=N–C) groups is 1. The number of hydrogen-bond donors (Lipinski definition) is 2. The molecule has 2 aromatic carbocycles. The molecular formula is C24H28N4. The van der Waals surface area contributed by atoms with Crippen molar-refractivity contribution in [3.05, 3.63) is 102 Å². The molecule has 0 fully saturated rings. The van der Waals surface area contributed by atoms with Crippen molar-refractivity contribution in [2.45, 2.75) is 25.8 Å². The van der Waals surface area contributed by atoms with Gasteiger partial charge in [0.25, 0.3) is 0 Å². The van der Waals surface area contributed by atoms with Crippen LogP contribution in [0, 0.1) is 0 Å². The Hall–Kier alpha value is -3.14. The maximum atomic E-state index is 4.66. The van der Waals surface area contributed by atoms with Crippen molar-refractivity contribution >= 4 is 5.96 Å². The summed E-state index contributed by atoms with van der Waals surface area (Å²) in [5.41, 5.74) is 3.64. The number of hydrogen-bond acceptors (Lipinski definition) is 2. The normalized spacial score (nSPS) is 11.4. The Morgan fingerprint density at radius 3 is 2.07 bits per heavy atom. The first-order valence-corrected chi connectivity index (χ1v) is 9.89. The number of aromatic nitrogens is 1. The Balaban J connectivity index is 1.64.